The highest BCUT2D eigenvalue weighted by Crippen LogP contribution is 2.20. The quantitative estimate of drug-likeness (QED) is 0.653. The van der Waals surface area contributed by atoms with E-state index in [1.54, 1.807) is 7.11 Å². The second-order valence-corrected chi connectivity index (χ2v) is 5.01. The maximum atomic E-state index is 5.91. The van der Waals surface area contributed by atoms with Gasteiger partial charge in [-0.1, -0.05) is 0 Å². The summed E-state index contributed by atoms with van der Waals surface area (Å²) in [6, 6.07) is 1.14. The van der Waals surface area contributed by atoms with Crippen LogP contribution in [0.25, 0.3) is 0 Å². The van der Waals surface area contributed by atoms with E-state index in [4.69, 9.17) is 15.2 Å². The minimum Gasteiger partial charge on any atom is -0.385 e. The molecule has 1 saturated carbocycles. The summed E-state index contributed by atoms with van der Waals surface area (Å²) in [6.07, 6.45) is 5.80. The number of methoxy groups -OCH3 is 1. The molecule has 0 aliphatic heterocycles. The lowest BCUT2D eigenvalue weighted by Gasteiger charge is -2.33. The van der Waals surface area contributed by atoms with Gasteiger partial charge in [0.2, 0.25) is 0 Å². The number of rotatable bonds is 8. The summed E-state index contributed by atoms with van der Waals surface area (Å²) in [7, 11) is 3.92. The fraction of sp³-hybridized carbons (Fsp3) is 1.00. The Hall–Kier alpha value is -0.160. The Labute approximate surface area is 105 Å². The molecule has 0 heterocycles. The summed E-state index contributed by atoms with van der Waals surface area (Å²) in [5.74, 6) is 0. The summed E-state index contributed by atoms with van der Waals surface area (Å²) in [6.45, 7) is 3.43. The lowest BCUT2D eigenvalue weighted by atomic mass is 9.91. The molecule has 0 saturated heterocycles. The molecule has 0 unspecified atom stereocenters. The Morgan fingerprint density at radius 2 is 1.82 bits per heavy atom. The summed E-state index contributed by atoms with van der Waals surface area (Å²) in [5, 5.41) is 0. The van der Waals surface area contributed by atoms with Gasteiger partial charge in [-0.25, -0.2) is 0 Å². The topological polar surface area (TPSA) is 47.7 Å². The van der Waals surface area contributed by atoms with Crippen molar-refractivity contribution in [1.29, 1.82) is 0 Å². The van der Waals surface area contributed by atoms with Crippen LogP contribution < -0.4 is 5.73 Å². The molecule has 4 nitrogen and oxygen atoms in total. The van der Waals surface area contributed by atoms with Crippen molar-refractivity contribution in [2.24, 2.45) is 5.73 Å². The van der Waals surface area contributed by atoms with Crippen LogP contribution >= 0.6 is 0 Å². The SMILES string of the molecule is COCCCOCCN(C)C1CCC(N)CC1. The number of hydrogen-bond donors (Lipinski definition) is 1. The van der Waals surface area contributed by atoms with E-state index >= 15 is 0 Å². The predicted octanol–water partition coefficient (Wildman–Crippen LogP) is 1.24. The van der Waals surface area contributed by atoms with Crippen molar-refractivity contribution < 1.29 is 9.47 Å². The first-order valence-electron chi connectivity index (χ1n) is 6.76. The number of hydrogen-bond acceptors (Lipinski definition) is 4. The first-order valence-corrected chi connectivity index (χ1v) is 6.76. The fourth-order valence-electron chi connectivity index (χ4n) is 2.34. The summed E-state index contributed by atoms with van der Waals surface area (Å²) >= 11 is 0. The van der Waals surface area contributed by atoms with Gasteiger partial charge in [-0.3, -0.25) is 0 Å². The second-order valence-electron chi connectivity index (χ2n) is 5.01. The molecule has 0 aromatic carbocycles. The van der Waals surface area contributed by atoms with Crippen molar-refractivity contribution in [3.63, 3.8) is 0 Å². The Bertz CT molecular complexity index is 182. The number of likely N-dealkylation sites (N-methyl/N-ethyl adjacent to an activating group) is 1. The highest BCUT2D eigenvalue weighted by molar-refractivity contribution is 4.79. The monoisotopic (exact) mass is 244 g/mol. The zero-order valence-electron chi connectivity index (χ0n) is 11.4. The third kappa shape index (κ3) is 6.36. The van der Waals surface area contributed by atoms with Gasteiger partial charge < -0.3 is 20.1 Å². The Balaban J connectivity index is 1.99. The first-order chi connectivity index (χ1) is 8.24. The van der Waals surface area contributed by atoms with Crippen molar-refractivity contribution in [2.45, 2.75) is 44.2 Å². The van der Waals surface area contributed by atoms with E-state index in [0.717, 1.165) is 32.8 Å². The molecule has 17 heavy (non-hydrogen) atoms. The van der Waals surface area contributed by atoms with Gasteiger partial charge in [0.1, 0.15) is 0 Å². The lowest BCUT2D eigenvalue weighted by molar-refractivity contribution is 0.0738. The standard InChI is InChI=1S/C13H28N2O2/c1-15(8-11-17-10-3-9-16-2)13-6-4-12(14)5-7-13/h12-13H,3-11,14H2,1-2H3. The third-order valence-electron chi connectivity index (χ3n) is 3.59. The zero-order valence-corrected chi connectivity index (χ0v) is 11.4. The van der Waals surface area contributed by atoms with Gasteiger partial charge in [-0.15, -0.1) is 0 Å². The van der Waals surface area contributed by atoms with Crippen LogP contribution in [0.4, 0.5) is 0 Å². The van der Waals surface area contributed by atoms with E-state index in [0.29, 0.717) is 12.1 Å². The number of nitrogens with two attached hydrogens (primary N) is 1. The Kier molecular flexibility index (Phi) is 7.77. The molecule has 0 bridgehead atoms. The molecule has 1 rings (SSSR count). The molecule has 0 amide bonds. The minimum atomic E-state index is 0.435. The van der Waals surface area contributed by atoms with Crippen LogP contribution in [0.15, 0.2) is 0 Å². The second kappa shape index (κ2) is 8.86. The molecule has 0 radical (unpaired) electrons. The van der Waals surface area contributed by atoms with E-state index < -0.39 is 0 Å². The van der Waals surface area contributed by atoms with Crippen LogP contribution in [-0.2, 0) is 9.47 Å². The molecule has 0 spiro atoms. The number of ether oxygens (including phenoxy) is 2. The van der Waals surface area contributed by atoms with Crippen LogP contribution in [0.1, 0.15) is 32.1 Å². The van der Waals surface area contributed by atoms with Crippen LogP contribution in [0.5, 0.6) is 0 Å². The smallest absolute Gasteiger partial charge is 0.0593 e. The van der Waals surface area contributed by atoms with Crippen molar-refractivity contribution in [3.05, 3.63) is 0 Å². The molecule has 1 aliphatic rings. The van der Waals surface area contributed by atoms with Crippen LogP contribution in [0.3, 0.4) is 0 Å². The summed E-state index contributed by atoms with van der Waals surface area (Å²) < 4.78 is 10.5. The molecular weight excluding hydrogens is 216 g/mol. The van der Waals surface area contributed by atoms with E-state index in [-0.39, 0.29) is 0 Å². The Morgan fingerprint density at radius 1 is 1.12 bits per heavy atom. The Morgan fingerprint density at radius 3 is 2.47 bits per heavy atom. The van der Waals surface area contributed by atoms with E-state index in [9.17, 15) is 0 Å². The van der Waals surface area contributed by atoms with Gasteiger partial charge in [0, 0.05) is 39.0 Å². The van der Waals surface area contributed by atoms with Crippen molar-refractivity contribution in [2.75, 3.05) is 40.5 Å². The van der Waals surface area contributed by atoms with Gasteiger partial charge in [-0.2, -0.15) is 0 Å². The van der Waals surface area contributed by atoms with Gasteiger partial charge in [-0.05, 0) is 39.2 Å². The third-order valence-corrected chi connectivity index (χ3v) is 3.59. The number of nitrogens with zero attached hydrogens (tertiary/aromatic N) is 1. The van der Waals surface area contributed by atoms with Crippen molar-refractivity contribution >= 4 is 0 Å². The van der Waals surface area contributed by atoms with Crippen LogP contribution in [-0.4, -0.2) is 57.5 Å². The van der Waals surface area contributed by atoms with E-state index in [1.165, 1.54) is 25.7 Å². The molecule has 0 aromatic heterocycles. The fourth-order valence-corrected chi connectivity index (χ4v) is 2.34. The van der Waals surface area contributed by atoms with Crippen LogP contribution in [0, 0.1) is 0 Å². The first kappa shape index (κ1) is 14.9. The highest BCUT2D eigenvalue weighted by atomic mass is 16.5. The molecular formula is C13H28N2O2. The van der Waals surface area contributed by atoms with Gasteiger partial charge in [0.05, 0.1) is 6.61 Å². The largest absolute Gasteiger partial charge is 0.385 e. The minimum absolute atomic E-state index is 0.435. The van der Waals surface area contributed by atoms with Gasteiger partial charge in [0.15, 0.2) is 0 Å². The predicted molar refractivity (Wildman–Crippen MR) is 70.2 cm³/mol. The van der Waals surface area contributed by atoms with Crippen LogP contribution in [0.2, 0.25) is 0 Å². The highest BCUT2D eigenvalue weighted by Gasteiger charge is 2.21. The molecule has 1 fully saturated rings. The van der Waals surface area contributed by atoms with Crippen molar-refractivity contribution in [1.82, 2.24) is 4.90 Å². The average Bonchev–Trinajstić information content (AvgIpc) is 2.34. The normalized spacial score (nSPS) is 25.4. The molecule has 102 valence electrons. The molecule has 0 aromatic rings. The van der Waals surface area contributed by atoms with E-state index in [1.807, 2.05) is 0 Å². The van der Waals surface area contributed by atoms with Crippen molar-refractivity contribution in [3.8, 4) is 0 Å². The molecule has 0 atom stereocenters. The van der Waals surface area contributed by atoms with Gasteiger partial charge >= 0.3 is 0 Å². The molecule has 1 aliphatic carbocycles. The zero-order chi connectivity index (χ0) is 12.5. The average molecular weight is 244 g/mol. The van der Waals surface area contributed by atoms with Gasteiger partial charge in [0.25, 0.3) is 0 Å². The molecule has 2 N–H and O–H groups in total. The summed E-state index contributed by atoms with van der Waals surface area (Å²) in [4.78, 5) is 2.42. The summed E-state index contributed by atoms with van der Waals surface area (Å²) in [5.41, 5.74) is 5.91. The van der Waals surface area contributed by atoms with E-state index in [2.05, 4.69) is 11.9 Å². The maximum absolute atomic E-state index is 5.91. The lowest BCUT2D eigenvalue weighted by Crippen LogP contribution is -2.40. The molecule has 4 heteroatoms. The maximum Gasteiger partial charge on any atom is 0.0593 e.